The fourth-order valence-electron chi connectivity index (χ4n) is 2.02. The van der Waals surface area contributed by atoms with E-state index in [1.165, 1.54) is 24.0 Å². The lowest BCUT2D eigenvalue weighted by Gasteiger charge is -2.17. The molecule has 0 aromatic heterocycles. The summed E-state index contributed by atoms with van der Waals surface area (Å²) >= 11 is 1.98. The first kappa shape index (κ1) is 15.5. The van der Waals surface area contributed by atoms with Crippen LogP contribution in [0.5, 0.6) is 0 Å². The van der Waals surface area contributed by atoms with Crippen molar-refractivity contribution in [1.82, 2.24) is 5.32 Å². The Hall–Kier alpha value is -0.540. The second-order valence-corrected chi connectivity index (χ2v) is 5.89. The Morgan fingerprint density at radius 3 is 2.83 bits per heavy atom. The zero-order valence-corrected chi connectivity index (χ0v) is 12.2. The van der Waals surface area contributed by atoms with Gasteiger partial charge in [-0.1, -0.05) is 26.0 Å². The van der Waals surface area contributed by atoms with Crippen molar-refractivity contribution in [2.45, 2.75) is 26.7 Å². The SMILES string of the molecule is CCNCC(CCSCC)Cc1cccc(F)c1. The van der Waals surface area contributed by atoms with Crippen LogP contribution in [0.2, 0.25) is 0 Å². The van der Waals surface area contributed by atoms with Crippen LogP contribution in [0.1, 0.15) is 25.8 Å². The summed E-state index contributed by atoms with van der Waals surface area (Å²) in [6.45, 7) is 6.34. The van der Waals surface area contributed by atoms with Gasteiger partial charge in [-0.25, -0.2) is 4.39 Å². The van der Waals surface area contributed by atoms with Gasteiger partial charge in [-0.3, -0.25) is 0 Å². The minimum absolute atomic E-state index is 0.127. The van der Waals surface area contributed by atoms with E-state index >= 15 is 0 Å². The third-order valence-corrected chi connectivity index (χ3v) is 3.90. The number of thioether (sulfide) groups is 1. The number of nitrogens with one attached hydrogen (secondary N) is 1. The number of hydrogen-bond donors (Lipinski definition) is 1. The fraction of sp³-hybridized carbons (Fsp3) is 0.600. The van der Waals surface area contributed by atoms with Gasteiger partial charge < -0.3 is 5.32 Å². The zero-order chi connectivity index (χ0) is 13.2. The predicted molar refractivity (Wildman–Crippen MR) is 79.8 cm³/mol. The maximum absolute atomic E-state index is 13.2. The highest BCUT2D eigenvalue weighted by Gasteiger charge is 2.09. The van der Waals surface area contributed by atoms with Gasteiger partial charge in [0.25, 0.3) is 0 Å². The third kappa shape index (κ3) is 6.41. The normalized spacial score (nSPS) is 12.6. The zero-order valence-electron chi connectivity index (χ0n) is 11.4. The Kier molecular flexibility index (Phi) is 8.10. The van der Waals surface area contributed by atoms with Crippen LogP contribution in [0.4, 0.5) is 4.39 Å². The largest absolute Gasteiger partial charge is 0.317 e. The standard InChI is InChI=1S/C15H24FNS/c1-3-17-12-14(8-9-18-4-2)10-13-6-5-7-15(16)11-13/h5-7,11,14,17H,3-4,8-10,12H2,1-2H3. The summed E-state index contributed by atoms with van der Waals surface area (Å²) in [7, 11) is 0. The van der Waals surface area contributed by atoms with Crippen molar-refractivity contribution in [2.24, 2.45) is 5.92 Å². The molecule has 0 bridgehead atoms. The molecule has 0 aliphatic rings. The average Bonchev–Trinajstić information content (AvgIpc) is 2.36. The number of benzene rings is 1. The Morgan fingerprint density at radius 2 is 2.17 bits per heavy atom. The van der Waals surface area contributed by atoms with Gasteiger partial charge in [0.15, 0.2) is 0 Å². The van der Waals surface area contributed by atoms with Gasteiger partial charge in [-0.15, -0.1) is 0 Å². The molecule has 0 heterocycles. The number of rotatable bonds is 9. The molecule has 1 aromatic carbocycles. The molecule has 0 spiro atoms. The van der Waals surface area contributed by atoms with Crippen LogP contribution in [0.25, 0.3) is 0 Å². The smallest absolute Gasteiger partial charge is 0.123 e. The molecule has 0 fully saturated rings. The van der Waals surface area contributed by atoms with Gasteiger partial charge in [0.1, 0.15) is 5.82 Å². The average molecular weight is 269 g/mol. The van der Waals surface area contributed by atoms with Crippen LogP contribution < -0.4 is 5.32 Å². The highest BCUT2D eigenvalue weighted by atomic mass is 32.2. The molecule has 1 unspecified atom stereocenters. The minimum Gasteiger partial charge on any atom is -0.317 e. The lowest BCUT2D eigenvalue weighted by molar-refractivity contribution is 0.469. The maximum atomic E-state index is 13.2. The highest BCUT2D eigenvalue weighted by Crippen LogP contribution is 2.16. The molecule has 0 saturated heterocycles. The summed E-state index contributed by atoms with van der Waals surface area (Å²) in [4.78, 5) is 0. The lowest BCUT2D eigenvalue weighted by Crippen LogP contribution is -2.24. The summed E-state index contributed by atoms with van der Waals surface area (Å²) in [5.74, 6) is 2.85. The molecule has 102 valence electrons. The molecule has 1 aromatic rings. The van der Waals surface area contributed by atoms with E-state index in [0.29, 0.717) is 5.92 Å². The monoisotopic (exact) mass is 269 g/mol. The fourth-order valence-corrected chi connectivity index (χ4v) is 2.81. The Balaban J connectivity index is 2.48. The van der Waals surface area contributed by atoms with Crippen LogP contribution in [0, 0.1) is 11.7 Å². The van der Waals surface area contributed by atoms with Crippen LogP contribution in [0.15, 0.2) is 24.3 Å². The van der Waals surface area contributed by atoms with Crippen LogP contribution in [0.3, 0.4) is 0 Å². The van der Waals surface area contributed by atoms with Crippen molar-refractivity contribution in [3.05, 3.63) is 35.6 Å². The van der Waals surface area contributed by atoms with Crippen molar-refractivity contribution >= 4 is 11.8 Å². The molecule has 1 atom stereocenters. The van der Waals surface area contributed by atoms with Crippen molar-refractivity contribution in [3.63, 3.8) is 0 Å². The molecule has 0 aliphatic carbocycles. The van der Waals surface area contributed by atoms with E-state index in [2.05, 4.69) is 19.2 Å². The summed E-state index contributed by atoms with van der Waals surface area (Å²) in [5.41, 5.74) is 1.11. The molecule has 18 heavy (non-hydrogen) atoms. The first-order valence-electron chi connectivity index (χ1n) is 6.79. The summed E-state index contributed by atoms with van der Waals surface area (Å²) in [6, 6.07) is 6.99. The molecular formula is C15H24FNS. The number of hydrogen-bond acceptors (Lipinski definition) is 2. The van der Waals surface area contributed by atoms with Gasteiger partial charge in [-0.2, -0.15) is 11.8 Å². The maximum Gasteiger partial charge on any atom is 0.123 e. The minimum atomic E-state index is -0.127. The quantitative estimate of drug-likeness (QED) is 0.685. The van der Waals surface area contributed by atoms with Gasteiger partial charge in [0, 0.05) is 0 Å². The Bertz CT molecular complexity index is 330. The van der Waals surface area contributed by atoms with Crippen LogP contribution in [-0.4, -0.2) is 24.6 Å². The highest BCUT2D eigenvalue weighted by molar-refractivity contribution is 7.99. The summed E-state index contributed by atoms with van der Waals surface area (Å²) in [6.07, 6.45) is 2.16. The second-order valence-electron chi connectivity index (χ2n) is 4.49. The van der Waals surface area contributed by atoms with E-state index in [1.54, 1.807) is 12.1 Å². The van der Waals surface area contributed by atoms with E-state index in [4.69, 9.17) is 0 Å². The van der Waals surface area contributed by atoms with E-state index < -0.39 is 0 Å². The van der Waals surface area contributed by atoms with Crippen molar-refractivity contribution in [2.75, 3.05) is 24.6 Å². The van der Waals surface area contributed by atoms with E-state index in [0.717, 1.165) is 25.1 Å². The summed E-state index contributed by atoms with van der Waals surface area (Å²) < 4.78 is 13.2. The molecular weight excluding hydrogens is 245 g/mol. The van der Waals surface area contributed by atoms with Crippen molar-refractivity contribution in [1.29, 1.82) is 0 Å². The Labute approximate surface area is 115 Å². The molecule has 0 aliphatic heterocycles. The van der Waals surface area contributed by atoms with Gasteiger partial charge in [-0.05, 0) is 61.1 Å². The lowest BCUT2D eigenvalue weighted by atomic mass is 9.97. The van der Waals surface area contributed by atoms with Crippen molar-refractivity contribution < 1.29 is 4.39 Å². The van der Waals surface area contributed by atoms with Crippen molar-refractivity contribution in [3.8, 4) is 0 Å². The van der Waals surface area contributed by atoms with Crippen LogP contribution in [-0.2, 0) is 6.42 Å². The first-order valence-corrected chi connectivity index (χ1v) is 7.94. The topological polar surface area (TPSA) is 12.0 Å². The van der Waals surface area contributed by atoms with Gasteiger partial charge in [0.05, 0.1) is 0 Å². The molecule has 3 heteroatoms. The van der Waals surface area contributed by atoms with E-state index in [-0.39, 0.29) is 5.82 Å². The molecule has 0 amide bonds. The van der Waals surface area contributed by atoms with Crippen LogP contribution >= 0.6 is 11.8 Å². The second kappa shape index (κ2) is 9.40. The van der Waals surface area contributed by atoms with Gasteiger partial charge in [0.2, 0.25) is 0 Å². The van der Waals surface area contributed by atoms with E-state index in [1.807, 2.05) is 17.8 Å². The first-order chi connectivity index (χ1) is 8.76. The number of halogens is 1. The molecule has 0 radical (unpaired) electrons. The molecule has 0 saturated carbocycles. The third-order valence-electron chi connectivity index (χ3n) is 2.97. The molecule has 1 N–H and O–H groups in total. The van der Waals surface area contributed by atoms with Gasteiger partial charge >= 0.3 is 0 Å². The summed E-state index contributed by atoms with van der Waals surface area (Å²) in [5, 5.41) is 3.41. The molecule has 1 nitrogen and oxygen atoms in total. The van der Waals surface area contributed by atoms with E-state index in [9.17, 15) is 4.39 Å². The predicted octanol–water partition coefficient (Wildman–Crippen LogP) is 3.74. The Morgan fingerprint density at radius 1 is 1.33 bits per heavy atom. The molecule has 1 rings (SSSR count).